The van der Waals surface area contributed by atoms with E-state index in [0.29, 0.717) is 6.42 Å². The van der Waals surface area contributed by atoms with E-state index in [1.165, 1.54) is 25.7 Å². The van der Waals surface area contributed by atoms with Gasteiger partial charge in [0, 0.05) is 18.3 Å². The zero-order valence-electron chi connectivity index (χ0n) is 10.2. The van der Waals surface area contributed by atoms with Gasteiger partial charge in [-0.2, -0.15) is 0 Å². The minimum atomic E-state index is 0.149. The average Bonchev–Trinajstić information content (AvgIpc) is 2.16. The summed E-state index contributed by atoms with van der Waals surface area (Å²) in [4.78, 5) is 11.3. The fourth-order valence-corrected chi connectivity index (χ4v) is 1.81. The Bertz CT molecular complexity index is 180. The molecule has 2 nitrogen and oxygen atoms in total. The Morgan fingerprint density at radius 3 is 2.53 bits per heavy atom. The minimum absolute atomic E-state index is 0.149. The van der Waals surface area contributed by atoms with Crippen LogP contribution in [0, 0.1) is 5.41 Å². The van der Waals surface area contributed by atoms with Crippen molar-refractivity contribution in [2.45, 2.75) is 52.9 Å². The first-order chi connectivity index (χ1) is 7.02. The van der Waals surface area contributed by atoms with E-state index in [4.69, 9.17) is 0 Å². The predicted molar refractivity (Wildman–Crippen MR) is 69.3 cm³/mol. The van der Waals surface area contributed by atoms with Gasteiger partial charge in [0.2, 0.25) is 5.91 Å². The highest BCUT2D eigenvalue weighted by Crippen LogP contribution is 2.22. The maximum atomic E-state index is 11.3. The third-order valence-corrected chi connectivity index (χ3v) is 2.94. The van der Waals surface area contributed by atoms with E-state index in [0.717, 1.165) is 11.9 Å². The molecule has 0 aliphatic carbocycles. The van der Waals surface area contributed by atoms with Crippen LogP contribution in [-0.2, 0) is 4.79 Å². The van der Waals surface area contributed by atoms with Crippen LogP contribution >= 0.6 is 15.9 Å². The molecule has 90 valence electrons. The highest BCUT2D eigenvalue weighted by Gasteiger charge is 2.17. The Morgan fingerprint density at radius 1 is 1.33 bits per heavy atom. The van der Waals surface area contributed by atoms with E-state index >= 15 is 0 Å². The first-order valence-corrected chi connectivity index (χ1v) is 6.96. The van der Waals surface area contributed by atoms with Gasteiger partial charge in [-0.05, 0) is 11.8 Å². The van der Waals surface area contributed by atoms with Gasteiger partial charge in [0.1, 0.15) is 0 Å². The van der Waals surface area contributed by atoms with Gasteiger partial charge < -0.3 is 5.32 Å². The largest absolute Gasteiger partial charge is 0.356 e. The fourth-order valence-electron chi connectivity index (χ4n) is 1.45. The summed E-state index contributed by atoms with van der Waals surface area (Å²) in [5.74, 6) is 0.149. The molecule has 15 heavy (non-hydrogen) atoms. The van der Waals surface area contributed by atoms with E-state index in [1.54, 1.807) is 0 Å². The smallest absolute Gasteiger partial charge is 0.220 e. The molecule has 0 aromatic heterocycles. The van der Waals surface area contributed by atoms with Crippen LogP contribution in [0.4, 0.5) is 0 Å². The molecule has 0 rings (SSSR count). The molecule has 0 aromatic carbocycles. The van der Waals surface area contributed by atoms with Crippen LogP contribution < -0.4 is 5.32 Å². The average molecular weight is 278 g/mol. The molecule has 0 bridgehead atoms. The first kappa shape index (κ1) is 14.9. The molecular formula is C12H24BrNO. The molecule has 0 unspecified atom stereocenters. The van der Waals surface area contributed by atoms with Crippen LogP contribution in [0.5, 0.6) is 0 Å². The lowest BCUT2D eigenvalue weighted by molar-refractivity contribution is -0.121. The van der Waals surface area contributed by atoms with Crippen molar-refractivity contribution in [1.29, 1.82) is 0 Å². The number of unbranched alkanes of at least 4 members (excludes halogenated alkanes) is 2. The summed E-state index contributed by atoms with van der Waals surface area (Å²) < 4.78 is 0. The van der Waals surface area contributed by atoms with Gasteiger partial charge in [0.15, 0.2) is 0 Å². The van der Waals surface area contributed by atoms with Gasteiger partial charge >= 0.3 is 0 Å². The summed E-state index contributed by atoms with van der Waals surface area (Å²) in [6.07, 6.45) is 5.57. The lowest BCUT2D eigenvalue weighted by Crippen LogP contribution is -2.34. The third-order valence-electron chi connectivity index (χ3n) is 2.54. The lowest BCUT2D eigenvalue weighted by Gasteiger charge is -2.24. The van der Waals surface area contributed by atoms with Crippen molar-refractivity contribution in [3.63, 3.8) is 0 Å². The van der Waals surface area contributed by atoms with Crippen molar-refractivity contribution in [2.24, 2.45) is 5.41 Å². The number of amides is 1. The monoisotopic (exact) mass is 277 g/mol. The molecule has 0 saturated heterocycles. The summed E-state index contributed by atoms with van der Waals surface area (Å²) >= 11 is 3.26. The predicted octanol–water partition coefficient (Wildman–Crippen LogP) is 3.49. The van der Waals surface area contributed by atoms with Crippen molar-refractivity contribution in [3.8, 4) is 0 Å². The molecule has 0 radical (unpaired) electrons. The zero-order valence-corrected chi connectivity index (χ0v) is 11.8. The summed E-state index contributed by atoms with van der Waals surface area (Å²) in [5.41, 5.74) is 0.233. The molecule has 0 aromatic rings. The molecule has 1 amide bonds. The molecule has 0 atom stereocenters. The number of hydrogen-bond acceptors (Lipinski definition) is 1. The number of halogens is 1. The number of alkyl halides is 1. The fraction of sp³-hybridized carbons (Fsp3) is 0.917. The summed E-state index contributed by atoms with van der Waals surface area (Å²) in [5, 5.41) is 3.73. The molecule has 0 saturated carbocycles. The number of carbonyl (C=O) groups is 1. The standard InChI is InChI=1S/C12H24BrNO/c1-4-5-6-8-12(2,3)10-14-11(15)7-9-13/h4-10H2,1-3H3,(H,14,15). The Labute approximate surface area is 102 Å². The quantitative estimate of drug-likeness (QED) is 0.534. The first-order valence-electron chi connectivity index (χ1n) is 5.84. The van der Waals surface area contributed by atoms with Crippen LogP contribution in [0.15, 0.2) is 0 Å². The second kappa shape index (κ2) is 8.14. The molecule has 0 heterocycles. The van der Waals surface area contributed by atoms with Gasteiger partial charge in [0.25, 0.3) is 0 Å². The van der Waals surface area contributed by atoms with Crippen molar-refractivity contribution in [2.75, 3.05) is 11.9 Å². The summed E-state index contributed by atoms with van der Waals surface area (Å²) in [6, 6.07) is 0. The lowest BCUT2D eigenvalue weighted by atomic mass is 9.87. The highest BCUT2D eigenvalue weighted by molar-refractivity contribution is 9.09. The van der Waals surface area contributed by atoms with E-state index in [2.05, 4.69) is 42.0 Å². The Balaban J connectivity index is 3.67. The molecule has 1 N–H and O–H groups in total. The van der Waals surface area contributed by atoms with Gasteiger partial charge in [-0.25, -0.2) is 0 Å². The van der Waals surface area contributed by atoms with Crippen LogP contribution in [-0.4, -0.2) is 17.8 Å². The van der Waals surface area contributed by atoms with Crippen molar-refractivity contribution >= 4 is 21.8 Å². The molecular weight excluding hydrogens is 254 g/mol. The molecule has 0 spiro atoms. The maximum absolute atomic E-state index is 11.3. The summed E-state index contributed by atoms with van der Waals surface area (Å²) in [6.45, 7) is 7.45. The topological polar surface area (TPSA) is 29.1 Å². The van der Waals surface area contributed by atoms with Crippen molar-refractivity contribution < 1.29 is 4.79 Å². The zero-order chi connectivity index (χ0) is 11.7. The Hall–Kier alpha value is -0.0500. The van der Waals surface area contributed by atoms with Crippen LogP contribution in [0.1, 0.15) is 52.9 Å². The van der Waals surface area contributed by atoms with Gasteiger partial charge in [-0.15, -0.1) is 0 Å². The Kier molecular flexibility index (Phi) is 8.12. The maximum Gasteiger partial charge on any atom is 0.220 e. The SMILES string of the molecule is CCCCCC(C)(C)CNC(=O)CCBr. The normalized spacial score (nSPS) is 11.5. The van der Waals surface area contributed by atoms with Gasteiger partial charge in [-0.1, -0.05) is 56.0 Å². The molecule has 0 aliphatic rings. The van der Waals surface area contributed by atoms with Crippen molar-refractivity contribution in [3.05, 3.63) is 0 Å². The second-order valence-electron chi connectivity index (χ2n) is 4.84. The van der Waals surface area contributed by atoms with E-state index < -0.39 is 0 Å². The Morgan fingerprint density at radius 2 is 2.00 bits per heavy atom. The van der Waals surface area contributed by atoms with E-state index in [1.807, 2.05) is 0 Å². The van der Waals surface area contributed by atoms with Gasteiger partial charge in [-0.3, -0.25) is 4.79 Å². The number of nitrogens with one attached hydrogen (secondary N) is 1. The number of carbonyl (C=O) groups excluding carboxylic acids is 1. The minimum Gasteiger partial charge on any atom is -0.356 e. The number of hydrogen-bond donors (Lipinski definition) is 1. The molecule has 0 aliphatic heterocycles. The number of rotatable bonds is 8. The third kappa shape index (κ3) is 8.91. The second-order valence-corrected chi connectivity index (χ2v) is 5.63. The van der Waals surface area contributed by atoms with Crippen LogP contribution in [0.25, 0.3) is 0 Å². The van der Waals surface area contributed by atoms with Crippen LogP contribution in [0.3, 0.4) is 0 Å². The summed E-state index contributed by atoms with van der Waals surface area (Å²) in [7, 11) is 0. The van der Waals surface area contributed by atoms with Crippen molar-refractivity contribution in [1.82, 2.24) is 5.32 Å². The molecule has 3 heteroatoms. The van der Waals surface area contributed by atoms with Gasteiger partial charge in [0.05, 0.1) is 0 Å². The van der Waals surface area contributed by atoms with E-state index in [9.17, 15) is 4.79 Å². The highest BCUT2D eigenvalue weighted by atomic mass is 79.9. The van der Waals surface area contributed by atoms with E-state index in [-0.39, 0.29) is 11.3 Å². The van der Waals surface area contributed by atoms with Crippen LogP contribution in [0.2, 0.25) is 0 Å². The molecule has 0 fully saturated rings.